The van der Waals surface area contributed by atoms with Gasteiger partial charge in [0.25, 0.3) is 5.91 Å². The topological polar surface area (TPSA) is 84.9 Å². The minimum Gasteiger partial charge on any atom is -0.495 e. The molecule has 0 unspecified atom stereocenters. The summed E-state index contributed by atoms with van der Waals surface area (Å²) in [6, 6.07) is 5.54. The van der Waals surface area contributed by atoms with Gasteiger partial charge in [0.1, 0.15) is 5.75 Å². The van der Waals surface area contributed by atoms with Crippen LogP contribution in [-0.2, 0) is 19.1 Å². The Kier molecular flexibility index (Phi) is 6.60. The van der Waals surface area contributed by atoms with Crippen molar-refractivity contribution in [2.75, 3.05) is 31.7 Å². The molecule has 1 heterocycles. The van der Waals surface area contributed by atoms with Crippen LogP contribution in [0.25, 0.3) is 0 Å². The minimum absolute atomic E-state index is 0.0591. The summed E-state index contributed by atoms with van der Waals surface area (Å²) in [6.45, 7) is 6.29. The van der Waals surface area contributed by atoms with Gasteiger partial charge in [-0.1, -0.05) is 19.9 Å². The normalized spacial score (nSPS) is 16.7. The smallest absolute Gasteiger partial charge is 0.311 e. The van der Waals surface area contributed by atoms with Crippen molar-refractivity contribution in [2.45, 2.75) is 27.2 Å². The van der Waals surface area contributed by atoms with E-state index in [1.165, 1.54) is 12.0 Å². The fourth-order valence-electron chi connectivity index (χ4n) is 2.73. The molecule has 1 atom stereocenters. The number of nitrogens with zero attached hydrogens (tertiary/aromatic N) is 1. The number of hydrogen-bond donors (Lipinski definition) is 1. The Labute approximate surface area is 153 Å². The number of benzene rings is 1. The predicted octanol–water partition coefficient (Wildman–Crippen LogP) is 1.67. The number of carbonyl (C=O) groups excluding carboxylic acids is 3. The van der Waals surface area contributed by atoms with Crippen molar-refractivity contribution >= 4 is 23.5 Å². The van der Waals surface area contributed by atoms with Gasteiger partial charge in [0.2, 0.25) is 5.91 Å². The van der Waals surface area contributed by atoms with Crippen LogP contribution in [0.3, 0.4) is 0 Å². The number of esters is 1. The molecule has 2 amide bonds. The van der Waals surface area contributed by atoms with Crippen molar-refractivity contribution in [2.24, 2.45) is 11.8 Å². The summed E-state index contributed by atoms with van der Waals surface area (Å²) in [4.78, 5) is 37.8. The number of rotatable bonds is 7. The molecule has 1 aliphatic heterocycles. The van der Waals surface area contributed by atoms with E-state index < -0.39 is 11.9 Å². The third-order valence-corrected chi connectivity index (χ3v) is 4.14. The number of aryl methyl sites for hydroxylation is 1. The van der Waals surface area contributed by atoms with Gasteiger partial charge in [-0.2, -0.15) is 0 Å². The van der Waals surface area contributed by atoms with Crippen molar-refractivity contribution < 1.29 is 23.9 Å². The Balaban J connectivity index is 1.96. The van der Waals surface area contributed by atoms with Gasteiger partial charge in [-0.05, 0) is 30.5 Å². The highest BCUT2D eigenvalue weighted by atomic mass is 16.5. The lowest BCUT2D eigenvalue weighted by molar-refractivity contribution is -0.152. The van der Waals surface area contributed by atoms with Crippen molar-refractivity contribution in [3.05, 3.63) is 23.8 Å². The Bertz CT molecular complexity index is 687. The van der Waals surface area contributed by atoms with E-state index in [1.54, 1.807) is 6.07 Å². The van der Waals surface area contributed by atoms with E-state index in [1.807, 2.05) is 32.9 Å². The first-order valence-corrected chi connectivity index (χ1v) is 8.70. The summed E-state index contributed by atoms with van der Waals surface area (Å²) in [5.74, 6) is -0.738. The van der Waals surface area contributed by atoms with Gasteiger partial charge in [-0.15, -0.1) is 0 Å². The van der Waals surface area contributed by atoms with Gasteiger partial charge >= 0.3 is 5.97 Å². The van der Waals surface area contributed by atoms with Gasteiger partial charge in [0, 0.05) is 19.5 Å². The molecule has 0 radical (unpaired) electrons. The van der Waals surface area contributed by atoms with Gasteiger partial charge in [-0.3, -0.25) is 14.4 Å². The SMILES string of the molecule is COc1ccc(C)cc1N1C[C@@H](C(=O)OCC(=O)NCC(C)C)CC1=O. The van der Waals surface area contributed by atoms with Crippen molar-refractivity contribution in [3.63, 3.8) is 0 Å². The lowest BCUT2D eigenvalue weighted by Crippen LogP contribution is -2.33. The number of nitrogens with one attached hydrogen (secondary N) is 1. The van der Waals surface area contributed by atoms with Crippen LogP contribution in [0.5, 0.6) is 5.75 Å². The van der Waals surface area contributed by atoms with Crippen LogP contribution in [0.2, 0.25) is 0 Å². The molecule has 1 aromatic rings. The fraction of sp³-hybridized carbons (Fsp3) is 0.526. The molecule has 1 fully saturated rings. The number of carbonyl (C=O) groups is 3. The molecule has 1 aromatic carbocycles. The van der Waals surface area contributed by atoms with Crippen molar-refractivity contribution in [1.82, 2.24) is 5.32 Å². The minimum atomic E-state index is -0.592. The second-order valence-corrected chi connectivity index (χ2v) is 6.89. The zero-order valence-electron chi connectivity index (χ0n) is 15.7. The second kappa shape index (κ2) is 8.69. The van der Waals surface area contributed by atoms with E-state index in [-0.39, 0.29) is 31.4 Å². The highest BCUT2D eigenvalue weighted by Gasteiger charge is 2.37. The molecule has 0 aromatic heterocycles. The largest absolute Gasteiger partial charge is 0.495 e. The molecule has 1 N–H and O–H groups in total. The number of amides is 2. The number of hydrogen-bond acceptors (Lipinski definition) is 5. The van der Waals surface area contributed by atoms with Crippen LogP contribution in [0.15, 0.2) is 18.2 Å². The van der Waals surface area contributed by atoms with E-state index in [0.29, 0.717) is 23.9 Å². The maximum atomic E-state index is 12.4. The van der Waals surface area contributed by atoms with E-state index >= 15 is 0 Å². The highest BCUT2D eigenvalue weighted by Crippen LogP contribution is 2.34. The van der Waals surface area contributed by atoms with Crippen LogP contribution in [0.1, 0.15) is 25.8 Å². The molecule has 0 spiro atoms. The molecular formula is C19H26N2O5. The molecule has 7 nitrogen and oxygen atoms in total. The Morgan fingerprint density at radius 3 is 2.73 bits per heavy atom. The van der Waals surface area contributed by atoms with Gasteiger partial charge < -0.3 is 19.7 Å². The van der Waals surface area contributed by atoms with Gasteiger partial charge in [0.15, 0.2) is 6.61 Å². The first-order valence-electron chi connectivity index (χ1n) is 8.70. The monoisotopic (exact) mass is 362 g/mol. The molecule has 0 aliphatic carbocycles. The zero-order valence-corrected chi connectivity index (χ0v) is 15.7. The Hall–Kier alpha value is -2.57. The number of anilines is 1. The zero-order chi connectivity index (χ0) is 19.3. The second-order valence-electron chi connectivity index (χ2n) is 6.89. The van der Waals surface area contributed by atoms with E-state index in [9.17, 15) is 14.4 Å². The molecular weight excluding hydrogens is 336 g/mol. The molecule has 1 aliphatic rings. The average molecular weight is 362 g/mol. The van der Waals surface area contributed by atoms with Gasteiger partial charge in [-0.25, -0.2) is 0 Å². The lowest BCUT2D eigenvalue weighted by Gasteiger charge is -2.20. The van der Waals surface area contributed by atoms with E-state index in [4.69, 9.17) is 9.47 Å². The first kappa shape index (κ1) is 19.8. The molecule has 2 rings (SSSR count). The summed E-state index contributed by atoms with van der Waals surface area (Å²) < 4.78 is 10.4. The average Bonchev–Trinajstić information content (AvgIpc) is 2.99. The number of methoxy groups -OCH3 is 1. The number of ether oxygens (including phenoxy) is 2. The quantitative estimate of drug-likeness (QED) is 0.746. The Morgan fingerprint density at radius 1 is 1.35 bits per heavy atom. The summed E-state index contributed by atoms with van der Waals surface area (Å²) in [6.07, 6.45) is 0.0591. The summed E-state index contributed by atoms with van der Waals surface area (Å²) in [5, 5.41) is 2.68. The highest BCUT2D eigenvalue weighted by molar-refractivity contribution is 6.00. The first-order chi connectivity index (χ1) is 12.3. The van der Waals surface area contributed by atoms with Crippen LogP contribution < -0.4 is 15.0 Å². The molecule has 26 heavy (non-hydrogen) atoms. The van der Waals surface area contributed by atoms with Crippen LogP contribution >= 0.6 is 0 Å². The fourth-order valence-corrected chi connectivity index (χ4v) is 2.73. The van der Waals surface area contributed by atoms with E-state index in [0.717, 1.165) is 5.56 Å². The third-order valence-electron chi connectivity index (χ3n) is 4.14. The summed E-state index contributed by atoms with van der Waals surface area (Å²) in [5.41, 5.74) is 1.63. The van der Waals surface area contributed by atoms with Crippen molar-refractivity contribution in [1.29, 1.82) is 0 Å². The molecule has 7 heteroatoms. The van der Waals surface area contributed by atoms with Crippen molar-refractivity contribution in [3.8, 4) is 5.75 Å². The van der Waals surface area contributed by atoms with E-state index in [2.05, 4.69) is 5.32 Å². The predicted molar refractivity (Wildman–Crippen MR) is 97.0 cm³/mol. The molecule has 0 saturated carbocycles. The van der Waals surface area contributed by atoms with Crippen LogP contribution in [0, 0.1) is 18.8 Å². The van der Waals surface area contributed by atoms with Crippen LogP contribution in [0.4, 0.5) is 5.69 Å². The third kappa shape index (κ3) is 4.97. The molecule has 0 bridgehead atoms. The lowest BCUT2D eigenvalue weighted by atomic mass is 10.1. The summed E-state index contributed by atoms with van der Waals surface area (Å²) in [7, 11) is 1.54. The Morgan fingerprint density at radius 2 is 2.08 bits per heavy atom. The molecule has 142 valence electrons. The maximum Gasteiger partial charge on any atom is 0.311 e. The van der Waals surface area contributed by atoms with Gasteiger partial charge in [0.05, 0.1) is 18.7 Å². The maximum absolute atomic E-state index is 12.4. The molecule has 1 saturated heterocycles. The summed E-state index contributed by atoms with van der Waals surface area (Å²) >= 11 is 0. The van der Waals surface area contributed by atoms with Crippen LogP contribution in [-0.4, -0.2) is 44.6 Å². The standard InChI is InChI=1S/C19H26N2O5/c1-12(2)9-20-17(22)11-26-19(24)14-8-18(23)21(10-14)15-7-13(3)5-6-16(15)25-4/h5-7,12,14H,8-11H2,1-4H3,(H,20,22)/t14-/m0/s1.